The van der Waals surface area contributed by atoms with Crippen LogP contribution in [0, 0.1) is 0 Å². The van der Waals surface area contributed by atoms with Gasteiger partial charge in [-0.3, -0.25) is 0 Å². The molecular weight excluding hydrogens is 331 g/mol. The van der Waals surface area contributed by atoms with Gasteiger partial charge in [0.15, 0.2) is 18.4 Å². The van der Waals surface area contributed by atoms with E-state index in [-0.39, 0.29) is 11.6 Å². The number of thiazole rings is 1. The molecule has 0 aliphatic heterocycles. The fraction of sp³-hybridized carbons (Fsp3) is 0.300. The summed E-state index contributed by atoms with van der Waals surface area (Å²) in [4.78, 5) is 3.47. The molecular formula is C10H8F3N3O3S2. The van der Waals surface area contributed by atoms with Crippen LogP contribution in [-0.2, 0) is 22.8 Å². The predicted octanol–water partition coefficient (Wildman–Crippen LogP) is 1.06. The molecule has 0 saturated heterocycles. The third-order valence-electron chi connectivity index (χ3n) is 2.38. The van der Waals surface area contributed by atoms with Crippen LogP contribution in [0.5, 0.6) is 0 Å². The first-order valence-electron chi connectivity index (χ1n) is 5.47. The minimum Gasteiger partial charge on any atom is -0.748 e. The van der Waals surface area contributed by atoms with E-state index in [9.17, 15) is 26.1 Å². The molecule has 2 heterocycles. The maximum atomic E-state index is 12.4. The average molecular weight is 339 g/mol. The van der Waals surface area contributed by atoms with E-state index in [4.69, 9.17) is 0 Å². The van der Waals surface area contributed by atoms with Crippen molar-refractivity contribution in [2.24, 2.45) is 0 Å². The zero-order valence-electron chi connectivity index (χ0n) is 10.2. The average Bonchev–Trinajstić information content (AvgIpc) is 2.85. The van der Waals surface area contributed by atoms with Gasteiger partial charge in [-0.05, 0) is 5.10 Å². The largest absolute Gasteiger partial charge is 0.748 e. The molecule has 0 aliphatic carbocycles. The Hall–Kier alpha value is -1.59. The van der Waals surface area contributed by atoms with Crippen molar-refractivity contribution in [3.8, 4) is 10.6 Å². The minimum atomic E-state index is -4.50. The number of nitrogens with zero attached hydrogens (tertiary/aromatic N) is 3. The Bertz CT molecular complexity index is 726. The van der Waals surface area contributed by atoms with Gasteiger partial charge in [-0.1, -0.05) is 4.68 Å². The van der Waals surface area contributed by atoms with Crippen LogP contribution in [0.25, 0.3) is 10.6 Å². The van der Waals surface area contributed by atoms with Gasteiger partial charge in [-0.25, -0.2) is 13.4 Å². The fourth-order valence-corrected chi connectivity index (χ4v) is 2.61. The molecule has 0 aromatic carbocycles. The zero-order chi connectivity index (χ0) is 15.7. The highest BCUT2D eigenvalue weighted by Gasteiger charge is 2.33. The lowest BCUT2D eigenvalue weighted by Gasteiger charge is -2.02. The van der Waals surface area contributed by atoms with Crippen LogP contribution in [0.15, 0.2) is 23.8 Å². The summed E-state index contributed by atoms with van der Waals surface area (Å²) in [5.74, 6) is -0.612. The van der Waals surface area contributed by atoms with Gasteiger partial charge in [-0.2, -0.15) is 13.2 Å². The van der Waals surface area contributed by atoms with E-state index < -0.39 is 27.7 Å². The number of hydrogen-bond donors (Lipinski definition) is 0. The van der Waals surface area contributed by atoms with Crippen molar-refractivity contribution in [3.63, 3.8) is 0 Å². The number of aryl methyl sites for hydroxylation is 1. The van der Waals surface area contributed by atoms with Crippen molar-refractivity contribution in [1.82, 2.24) is 10.1 Å². The summed E-state index contributed by atoms with van der Waals surface area (Å²) in [6.45, 7) is -0.127. The van der Waals surface area contributed by atoms with Gasteiger partial charge >= 0.3 is 6.18 Å². The third-order valence-corrected chi connectivity index (χ3v) is 3.96. The van der Waals surface area contributed by atoms with Gasteiger partial charge in [0, 0.05) is 17.0 Å². The SMILES string of the molecule is O=S(=O)([O-])CC[n+]1ccc(-c2nc(C(F)(F)F)cs2)cn1. The van der Waals surface area contributed by atoms with E-state index in [2.05, 4.69) is 10.1 Å². The molecule has 114 valence electrons. The summed E-state index contributed by atoms with van der Waals surface area (Å²) in [5.41, 5.74) is -0.603. The molecule has 2 rings (SSSR count). The van der Waals surface area contributed by atoms with Crippen molar-refractivity contribution in [1.29, 1.82) is 0 Å². The minimum absolute atomic E-state index is 0.127. The molecule has 0 fully saturated rings. The molecule has 0 atom stereocenters. The van der Waals surface area contributed by atoms with E-state index >= 15 is 0 Å². The first-order valence-corrected chi connectivity index (χ1v) is 7.93. The second kappa shape index (κ2) is 5.66. The molecule has 6 nitrogen and oxygen atoms in total. The molecule has 0 saturated carbocycles. The number of aromatic nitrogens is 3. The highest BCUT2D eigenvalue weighted by atomic mass is 32.2. The molecule has 2 aromatic rings. The molecule has 21 heavy (non-hydrogen) atoms. The Kier molecular flexibility index (Phi) is 4.25. The maximum absolute atomic E-state index is 12.4. The highest BCUT2D eigenvalue weighted by molar-refractivity contribution is 7.85. The normalized spacial score (nSPS) is 12.6. The topological polar surface area (TPSA) is 86.9 Å². The summed E-state index contributed by atoms with van der Waals surface area (Å²) < 4.78 is 69.9. The van der Waals surface area contributed by atoms with Gasteiger partial charge in [-0.15, -0.1) is 11.3 Å². The first-order chi connectivity index (χ1) is 9.65. The monoisotopic (exact) mass is 339 g/mol. The van der Waals surface area contributed by atoms with Crippen LogP contribution in [0.4, 0.5) is 13.2 Å². The molecule has 0 spiro atoms. The van der Waals surface area contributed by atoms with Crippen LogP contribution in [0.2, 0.25) is 0 Å². The molecule has 0 radical (unpaired) electrons. The molecule has 0 N–H and O–H groups in total. The Balaban J connectivity index is 2.14. The molecule has 0 unspecified atom stereocenters. The van der Waals surface area contributed by atoms with E-state index in [1.54, 1.807) is 0 Å². The highest BCUT2D eigenvalue weighted by Crippen LogP contribution is 2.32. The molecule has 11 heteroatoms. The van der Waals surface area contributed by atoms with Gasteiger partial charge in [0.1, 0.15) is 21.3 Å². The smallest absolute Gasteiger partial charge is 0.434 e. The van der Waals surface area contributed by atoms with Gasteiger partial charge < -0.3 is 4.55 Å². The first kappa shape index (κ1) is 15.8. The lowest BCUT2D eigenvalue weighted by molar-refractivity contribution is -0.750. The van der Waals surface area contributed by atoms with Crippen molar-refractivity contribution >= 4 is 21.5 Å². The van der Waals surface area contributed by atoms with E-state index in [0.717, 1.165) is 16.7 Å². The second-order valence-electron chi connectivity index (χ2n) is 3.98. The van der Waals surface area contributed by atoms with Crippen LogP contribution in [0.3, 0.4) is 0 Å². The second-order valence-corrected chi connectivity index (χ2v) is 6.36. The number of alkyl halides is 3. The lowest BCUT2D eigenvalue weighted by atomic mass is 10.3. The summed E-state index contributed by atoms with van der Waals surface area (Å²) in [6.07, 6.45) is -1.87. The number of rotatable bonds is 4. The Morgan fingerprint density at radius 3 is 2.57 bits per heavy atom. The van der Waals surface area contributed by atoms with Crippen LogP contribution < -0.4 is 4.68 Å². The van der Waals surface area contributed by atoms with E-state index in [0.29, 0.717) is 5.56 Å². The molecule has 0 amide bonds. The van der Waals surface area contributed by atoms with E-state index in [1.807, 2.05) is 0 Å². The van der Waals surface area contributed by atoms with Crippen LogP contribution in [-0.4, -0.2) is 28.8 Å². The van der Waals surface area contributed by atoms with Crippen molar-refractivity contribution < 1.29 is 30.8 Å². The lowest BCUT2D eigenvalue weighted by Crippen LogP contribution is -2.40. The number of hydrogen-bond acceptors (Lipinski definition) is 6. The van der Waals surface area contributed by atoms with Crippen molar-refractivity contribution in [3.05, 3.63) is 29.5 Å². The predicted molar refractivity (Wildman–Crippen MR) is 65.1 cm³/mol. The van der Waals surface area contributed by atoms with Crippen LogP contribution in [0.1, 0.15) is 5.69 Å². The molecule has 0 aliphatic rings. The Labute approximate surface area is 121 Å². The standard InChI is InChI=1S/C10H8F3N3O3S2/c11-10(12,13)8-6-20-9(15-8)7-1-2-16(14-5-7)3-4-21(17,18)19/h1-2,5-6H,3-4H2. The summed E-state index contributed by atoms with van der Waals surface area (Å²) in [5, 5.41) is 4.88. The molecule has 2 aromatic heterocycles. The van der Waals surface area contributed by atoms with E-state index in [1.165, 1.54) is 23.1 Å². The summed E-state index contributed by atoms with van der Waals surface area (Å²) in [6, 6.07) is 1.45. The Morgan fingerprint density at radius 1 is 1.38 bits per heavy atom. The van der Waals surface area contributed by atoms with Gasteiger partial charge in [0.25, 0.3) is 0 Å². The van der Waals surface area contributed by atoms with Crippen molar-refractivity contribution in [2.45, 2.75) is 12.7 Å². The zero-order valence-corrected chi connectivity index (χ0v) is 11.9. The van der Waals surface area contributed by atoms with Crippen LogP contribution >= 0.6 is 11.3 Å². The fourth-order valence-electron chi connectivity index (χ4n) is 1.38. The number of halogens is 3. The maximum Gasteiger partial charge on any atom is 0.434 e. The molecule has 0 bridgehead atoms. The quantitative estimate of drug-likeness (QED) is 0.614. The van der Waals surface area contributed by atoms with Crippen molar-refractivity contribution in [2.75, 3.05) is 5.75 Å². The summed E-state index contributed by atoms with van der Waals surface area (Å²) in [7, 11) is -4.34. The van der Waals surface area contributed by atoms with Gasteiger partial charge in [0.05, 0.1) is 5.75 Å². The Morgan fingerprint density at radius 2 is 2.10 bits per heavy atom. The summed E-state index contributed by atoms with van der Waals surface area (Å²) >= 11 is 0.827. The van der Waals surface area contributed by atoms with Gasteiger partial charge in [0.2, 0.25) is 0 Å². The third kappa shape index (κ3) is 4.44.